The fraction of sp³-hybridized carbons (Fsp3) is 0.533. The van der Waals surface area contributed by atoms with Gasteiger partial charge in [-0.25, -0.2) is 0 Å². The van der Waals surface area contributed by atoms with Gasteiger partial charge < -0.3 is 15.7 Å². The number of aliphatic hydroxyl groups is 1. The van der Waals surface area contributed by atoms with Gasteiger partial charge in [0.15, 0.2) is 0 Å². The van der Waals surface area contributed by atoms with Crippen molar-refractivity contribution in [3.63, 3.8) is 0 Å². The Morgan fingerprint density at radius 2 is 2.00 bits per heavy atom. The molecule has 1 aliphatic rings. The molecule has 1 heterocycles. The molecule has 0 saturated carbocycles. The van der Waals surface area contributed by atoms with Gasteiger partial charge in [0.25, 0.3) is 0 Å². The van der Waals surface area contributed by atoms with Crippen molar-refractivity contribution < 1.29 is 5.11 Å². The number of nitriles is 1. The lowest BCUT2D eigenvalue weighted by Crippen LogP contribution is -2.42. The SMILES string of the molecule is CC(C)(O)C1CCN(c2ccc(N)cc2C#N)CC1. The Hall–Kier alpha value is -1.73. The first-order chi connectivity index (χ1) is 8.91. The van der Waals surface area contributed by atoms with E-state index in [1.54, 1.807) is 6.07 Å². The van der Waals surface area contributed by atoms with Crippen molar-refractivity contribution in [3.8, 4) is 6.07 Å². The second-order valence-electron chi connectivity index (χ2n) is 5.80. The zero-order valence-corrected chi connectivity index (χ0v) is 11.6. The highest BCUT2D eigenvalue weighted by atomic mass is 16.3. The Morgan fingerprint density at radius 3 is 2.53 bits per heavy atom. The van der Waals surface area contributed by atoms with Crippen molar-refractivity contribution in [1.82, 2.24) is 0 Å². The van der Waals surface area contributed by atoms with Crippen LogP contribution >= 0.6 is 0 Å². The maximum atomic E-state index is 10.0. The molecule has 1 fully saturated rings. The number of hydrogen-bond acceptors (Lipinski definition) is 4. The van der Waals surface area contributed by atoms with Crippen molar-refractivity contribution in [2.75, 3.05) is 23.7 Å². The summed E-state index contributed by atoms with van der Waals surface area (Å²) in [6.45, 7) is 5.48. The van der Waals surface area contributed by atoms with Crippen molar-refractivity contribution >= 4 is 11.4 Å². The van der Waals surface area contributed by atoms with Gasteiger partial charge in [0.05, 0.1) is 16.9 Å². The minimum atomic E-state index is -0.620. The first-order valence-corrected chi connectivity index (χ1v) is 6.69. The molecule has 0 aromatic heterocycles. The van der Waals surface area contributed by atoms with Gasteiger partial charge in [-0.05, 0) is 50.8 Å². The number of benzene rings is 1. The summed E-state index contributed by atoms with van der Waals surface area (Å²) < 4.78 is 0. The van der Waals surface area contributed by atoms with Crippen LogP contribution in [0, 0.1) is 17.2 Å². The lowest BCUT2D eigenvalue weighted by molar-refractivity contribution is 0.00651. The maximum absolute atomic E-state index is 10.0. The summed E-state index contributed by atoms with van der Waals surface area (Å²) in [7, 11) is 0. The van der Waals surface area contributed by atoms with Crippen molar-refractivity contribution in [1.29, 1.82) is 5.26 Å². The monoisotopic (exact) mass is 259 g/mol. The third-order valence-corrected chi connectivity index (χ3v) is 3.98. The molecule has 4 heteroatoms. The molecular formula is C15H21N3O. The van der Waals surface area contributed by atoms with E-state index >= 15 is 0 Å². The first-order valence-electron chi connectivity index (χ1n) is 6.69. The Kier molecular flexibility index (Phi) is 3.68. The molecule has 0 unspecified atom stereocenters. The second-order valence-corrected chi connectivity index (χ2v) is 5.80. The average molecular weight is 259 g/mol. The van der Waals surface area contributed by atoms with E-state index in [4.69, 9.17) is 5.73 Å². The fourth-order valence-corrected chi connectivity index (χ4v) is 2.75. The molecule has 0 radical (unpaired) electrons. The molecule has 0 bridgehead atoms. The average Bonchev–Trinajstić information content (AvgIpc) is 2.37. The van der Waals surface area contributed by atoms with Crippen LogP contribution in [0.3, 0.4) is 0 Å². The van der Waals surface area contributed by atoms with Gasteiger partial charge in [-0.2, -0.15) is 5.26 Å². The quantitative estimate of drug-likeness (QED) is 0.798. The standard InChI is InChI=1S/C15H21N3O/c1-15(2,19)12-5-7-18(8-6-12)14-4-3-13(17)9-11(14)10-16/h3-4,9,12,19H,5-8,17H2,1-2H3. The van der Waals surface area contributed by atoms with Crippen LogP contribution in [0.25, 0.3) is 0 Å². The van der Waals surface area contributed by atoms with E-state index < -0.39 is 5.60 Å². The minimum Gasteiger partial charge on any atom is -0.399 e. The van der Waals surface area contributed by atoms with Crippen LogP contribution in [-0.2, 0) is 0 Å². The summed E-state index contributed by atoms with van der Waals surface area (Å²) in [4.78, 5) is 2.21. The summed E-state index contributed by atoms with van der Waals surface area (Å²) in [6.07, 6.45) is 1.89. The van der Waals surface area contributed by atoms with E-state index in [9.17, 15) is 10.4 Å². The Labute approximate surface area is 114 Å². The zero-order valence-electron chi connectivity index (χ0n) is 11.6. The lowest BCUT2D eigenvalue weighted by atomic mass is 9.83. The highest BCUT2D eigenvalue weighted by molar-refractivity contribution is 5.64. The van der Waals surface area contributed by atoms with Gasteiger partial charge in [-0.15, -0.1) is 0 Å². The second kappa shape index (κ2) is 5.10. The highest BCUT2D eigenvalue weighted by Gasteiger charge is 2.31. The molecule has 1 aliphatic heterocycles. The molecule has 1 aromatic carbocycles. The molecular weight excluding hydrogens is 238 g/mol. The lowest BCUT2D eigenvalue weighted by Gasteiger charge is -2.39. The van der Waals surface area contributed by atoms with E-state index in [2.05, 4.69) is 11.0 Å². The highest BCUT2D eigenvalue weighted by Crippen LogP contribution is 2.32. The largest absolute Gasteiger partial charge is 0.399 e. The molecule has 0 spiro atoms. The van der Waals surface area contributed by atoms with Gasteiger partial charge in [0.1, 0.15) is 6.07 Å². The molecule has 1 aromatic rings. The molecule has 1 saturated heterocycles. The number of rotatable bonds is 2. The van der Waals surface area contributed by atoms with Crippen molar-refractivity contribution in [3.05, 3.63) is 23.8 Å². The summed E-state index contributed by atoms with van der Waals surface area (Å²) in [5, 5.41) is 19.2. The van der Waals surface area contributed by atoms with Gasteiger partial charge in [0.2, 0.25) is 0 Å². The Morgan fingerprint density at radius 1 is 1.37 bits per heavy atom. The summed E-state index contributed by atoms with van der Waals surface area (Å²) >= 11 is 0. The number of piperidine rings is 1. The maximum Gasteiger partial charge on any atom is 0.101 e. The van der Waals surface area contributed by atoms with E-state index in [0.717, 1.165) is 31.6 Å². The van der Waals surface area contributed by atoms with Gasteiger partial charge in [-0.1, -0.05) is 0 Å². The predicted molar refractivity (Wildman–Crippen MR) is 76.8 cm³/mol. The van der Waals surface area contributed by atoms with Gasteiger partial charge >= 0.3 is 0 Å². The summed E-state index contributed by atoms with van der Waals surface area (Å²) in [5.41, 5.74) is 7.28. The van der Waals surface area contributed by atoms with E-state index in [1.807, 2.05) is 26.0 Å². The third-order valence-electron chi connectivity index (χ3n) is 3.98. The van der Waals surface area contributed by atoms with Gasteiger partial charge in [0, 0.05) is 18.8 Å². The molecule has 19 heavy (non-hydrogen) atoms. The minimum absolute atomic E-state index is 0.322. The number of anilines is 2. The number of nitrogens with two attached hydrogens (primary N) is 1. The van der Waals surface area contributed by atoms with Crippen LogP contribution in [0.2, 0.25) is 0 Å². The van der Waals surface area contributed by atoms with E-state index in [0.29, 0.717) is 17.2 Å². The van der Waals surface area contributed by atoms with Crippen LogP contribution in [0.5, 0.6) is 0 Å². The van der Waals surface area contributed by atoms with Crippen LogP contribution in [0.15, 0.2) is 18.2 Å². The molecule has 0 amide bonds. The van der Waals surface area contributed by atoms with Crippen LogP contribution in [-0.4, -0.2) is 23.8 Å². The van der Waals surface area contributed by atoms with Crippen molar-refractivity contribution in [2.45, 2.75) is 32.3 Å². The molecule has 4 nitrogen and oxygen atoms in total. The van der Waals surface area contributed by atoms with E-state index in [-0.39, 0.29) is 0 Å². The topological polar surface area (TPSA) is 73.3 Å². The van der Waals surface area contributed by atoms with Gasteiger partial charge in [-0.3, -0.25) is 0 Å². The third kappa shape index (κ3) is 2.99. The Bertz CT molecular complexity index is 491. The number of nitrogens with zero attached hydrogens (tertiary/aromatic N) is 2. The summed E-state index contributed by atoms with van der Waals surface area (Å²) in [6, 6.07) is 7.67. The smallest absolute Gasteiger partial charge is 0.101 e. The molecule has 2 rings (SSSR count). The molecule has 0 aliphatic carbocycles. The fourth-order valence-electron chi connectivity index (χ4n) is 2.75. The molecule has 102 valence electrons. The van der Waals surface area contributed by atoms with Crippen LogP contribution in [0.1, 0.15) is 32.3 Å². The van der Waals surface area contributed by atoms with Crippen LogP contribution in [0.4, 0.5) is 11.4 Å². The molecule has 3 N–H and O–H groups in total. The zero-order chi connectivity index (χ0) is 14.0. The first kappa shape index (κ1) is 13.7. The summed E-state index contributed by atoms with van der Waals surface area (Å²) in [5.74, 6) is 0.322. The van der Waals surface area contributed by atoms with Crippen molar-refractivity contribution in [2.24, 2.45) is 5.92 Å². The Balaban J connectivity index is 2.12. The predicted octanol–water partition coefficient (Wildman–Crippen LogP) is 2.13. The van der Waals surface area contributed by atoms with Crippen LogP contribution < -0.4 is 10.6 Å². The molecule has 0 atom stereocenters. The normalized spacial score (nSPS) is 17.3. The van der Waals surface area contributed by atoms with E-state index in [1.165, 1.54) is 0 Å². The number of hydrogen-bond donors (Lipinski definition) is 2. The number of nitrogen functional groups attached to an aromatic ring is 1.